The van der Waals surface area contributed by atoms with Gasteiger partial charge in [-0.2, -0.15) is 5.26 Å². The molecule has 1 saturated carbocycles. The van der Waals surface area contributed by atoms with Crippen LogP contribution in [0.15, 0.2) is 23.1 Å². The summed E-state index contributed by atoms with van der Waals surface area (Å²) in [6.07, 6.45) is -0.742. The molecular formula is C24H29ClF2N4O6S. The first-order valence-electron chi connectivity index (χ1n) is 12.1. The number of benzene rings is 1. The van der Waals surface area contributed by atoms with Gasteiger partial charge in [-0.05, 0) is 58.2 Å². The number of nitrogens with one attached hydrogen (secondary N) is 1. The van der Waals surface area contributed by atoms with Crippen molar-refractivity contribution in [2.75, 3.05) is 24.5 Å². The van der Waals surface area contributed by atoms with E-state index in [1.807, 2.05) is 6.07 Å². The molecular weight excluding hydrogens is 546 g/mol. The Hall–Kier alpha value is -2.69. The normalized spacial score (nSPS) is 24.5. The molecule has 0 aromatic heterocycles. The molecule has 1 N–H and O–H groups in total. The van der Waals surface area contributed by atoms with Crippen LogP contribution in [0.4, 0.5) is 19.3 Å². The molecule has 10 nitrogen and oxygen atoms in total. The molecule has 2 saturated heterocycles. The van der Waals surface area contributed by atoms with Gasteiger partial charge in [-0.3, -0.25) is 4.79 Å². The standard InChI is InChI=1S/C24H29ClF2N4O6S/c1-22(2,3)36-21(33)37-31-12-16(11-18(31)20(32)29-23(13-28)6-7-23)38(34,35)19-5-4-15(10-17(19)25)30-9-8-24(26,27)14-30/h4-5,10,16,18H,6-9,11-12,14H2,1-3H3,(H,29,32)/t16-,18+/m1/s1. The van der Waals surface area contributed by atoms with Crippen LogP contribution in [0.25, 0.3) is 0 Å². The SMILES string of the molecule is CC(C)(C)OC(=O)ON1C[C@H](S(=O)(=O)c2ccc(N3CCC(F)(F)C3)cc2Cl)C[C@H]1C(=O)NC1(C#N)CC1. The predicted octanol–water partition coefficient (Wildman–Crippen LogP) is 3.44. The van der Waals surface area contributed by atoms with Gasteiger partial charge in [-0.1, -0.05) is 11.6 Å². The summed E-state index contributed by atoms with van der Waals surface area (Å²) in [7, 11) is -4.15. The number of amides is 1. The lowest BCUT2D eigenvalue weighted by molar-refractivity contribution is -0.162. The number of alkyl halides is 2. The summed E-state index contributed by atoms with van der Waals surface area (Å²) >= 11 is 6.32. The van der Waals surface area contributed by atoms with Crippen LogP contribution < -0.4 is 10.2 Å². The van der Waals surface area contributed by atoms with Crippen molar-refractivity contribution < 1.29 is 36.4 Å². The van der Waals surface area contributed by atoms with E-state index >= 15 is 0 Å². The highest BCUT2D eigenvalue weighted by molar-refractivity contribution is 7.92. The third kappa shape index (κ3) is 6.13. The summed E-state index contributed by atoms with van der Waals surface area (Å²) in [5, 5.41) is 11.6. The molecule has 0 unspecified atom stereocenters. The zero-order valence-electron chi connectivity index (χ0n) is 21.2. The highest BCUT2D eigenvalue weighted by Gasteiger charge is 2.51. The highest BCUT2D eigenvalue weighted by atomic mass is 35.5. The summed E-state index contributed by atoms with van der Waals surface area (Å²) in [5.74, 6) is -3.49. The number of nitrogens with zero attached hydrogens (tertiary/aromatic N) is 3. The molecule has 38 heavy (non-hydrogen) atoms. The van der Waals surface area contributed by atoms with Gasteiger partial charge in [0.15, 0.2) is 9.84 Å². The molecule has 2 atom stereocenters. The Labute approximate surface area is 224 Å². The van der Waals surface area contributed by atoms with E-state index in [9.17, 15) is 32.0 Å². The van der Waals surface area contributed by atoms with E-state index < -0.39 is 56.8 Å². The second-order valence-electron chi connectivity index (χ2n) is 10.9. The number of rotatable bonds is 6. The maximum Gasteiger partial charge on any atom is 0.528 e. The van der Waals surface area contributed by atoms with Crippen molar-refractivity contribution in [3.8, 4) is 6.07 Å². The minimum atomic E-state index is -4.15. The quantitative estimate of drug-likeness (QED) is 0.508. The monoisotopic (exact) mass is 574 g/mol. The van der Waals surface area contributed by atoms with E-state index in [0.717, 1.165) is 5.06 Å². The van der Waals surface area contributed by atoms with Crippen molar-refractivity contribution in [3.05, 3.63) is 23.2 Å². The predicted molar refractivity (Wildman–Crippen MR) is 132 cm³/mol. The van der Waals surface area contributed by atoms with Gasteiger partial charge >= 0.3 is 6.16 Å². The van der Waals surface area contributed by atoms with Crippen LogP contribution in [0.3, 0.4) is 0 Å². The maximum absolute atomic E-state index is 13.6. The smallest absolute Gasteiger partial charge is 0.427 e. The van der Waals surface area contributed by atoms with Crippen LogP contribution in [0.2, 0.25) is 5.02 Å². The molecule has 14 heteroatoms. The van der Waals surface area contributed by atoms with Crippen LogP contribution in [0, 0.1) is 11.3 Å². The van der Waals surface area contributed by atoms with Crippen LogP contribution in [0.1, 0.15) is 46.5 Å². The second-order valence-corrected chi connectivity index (χ2v) is 13.5. The second kappa shape index (κ2) is 9.81. The summed E-state index contributed by atoms with van der Waals surface area (Å²) in [6, 6.07) is 4.83. The zero-order valence-corrected chi connectivity index (χ0v) is 22.7. The van der Waals surface area contributed by atoms with Crippen molar-refractivity contribution >= 4 is 39.2 Å². The van der Waals surface area contributed by atoms with Crippen molar-refractivity contribution in [2.45, 2.75) is 79.7 Å². The average Bonchev–Trinajstić information content (AvgIpc) is 3.26. The van der Waals surface area contributed by atoms with E-state index in [2.05, 4.69) is 5.32 Å². The largest absolute Gasteiger partial charge is 0.528 e. The van der Waals surface area contributed by atoms with Crippen LogP contribution in [-0.4, -0.2) is 73.5 Å². The maximum atomic E-state index is 13.6. The van der Waals surface area contributed by atoms with Crippen molar-refractivity contribution in [1.29, 1.82) is 5.26 Å². The van der Waals surface area contributed by atoms with Crippen LogP contribution >= 0.6 is 11.6 Å². The Balaban J connectivity index is 1.55. The van der Waals surface area contributed by atoms with Gasteiger partial charge in [-0.25, -0.2) is 22.0 Å². The lowest BCUT2D eigenvalue weighted by Gasteiger charge is -2.25. The van der Waals surface area contributed by atoms with E-state index in [1.165, 1.54) is 23.1 Å². The molecule has 1 amide bonds. The molecule has 4 rings (SSSR count). The topological polar surface area (TPSA) is 129 Å². The van der Waals surface area contributed by atoms with Gasteiger partial charge in [0.1, 0.15) is 17.2 Å². The van der Waals surface area contributed by atoms with Crippen molar-refractivity contribution in [1.82, 2.24) is 10.4 Å². The number of hydrogen-bond acceptors (Lipinski definition) is 9. The molecule has 1 aliphatic carbocycles. The first kappa shape index (κ1) is 28.3. The molecule has 208 valence electrons. The van der Waals surface area contributed by atoms with Gasteiger partial charge in [0.05, 0.1) is 34.3 Å². The summed E-state index contributed by atoms with van der Waals surface area (Å²) < 4.78 is 59.6. The molecule has 0 spiro atoms. The van der Waals surface area contributed by atoms with Gasteiger partial charge < -0.3 is 19.8 Å². The Morgan fingerprint density at radius 3 is 2.45 bits per heavy atom. The lowest BCUT2D eigenvalue weighted by atomic mass is 10.2. The molecule has 2 aliphatic heterocycles. The van der Waals surface area contributed by atoms with Crippen LogP contribution in [-0.2, 0) is 24.2 Å². The fraction of sp³-hybridized carbons (Fsp3) is 0.625. The van der Waals surface area contributed by atoms with Gasteiger partial charge in [0, 0.05) is 18.7 Å². The Morgan fingerprint density at radius 1 is 1.24 bits per heavy atom. The molecule has 0 bridgehead atoms. The number of carbonyl (C=O) groups excluding carboxylic acids is 2. The minimum Gasteiger partial charge on any atom is -0.427 e. The van der Waals surface area contributed by atoms with Gasteiger partial charge in [0.25, 0.3) is 5.92 Å². The number of carbonyl (C=O) groups is 2. The first-order valence-corrected chi connectivity index (χ1v) is 14.0. The zero-order chi connectivity index (χ0) is 28.1. The van der Waals surface area contributed by atoms with Crippen LogP contribution in [0.5, 0.6) is 0 Å². The van der Waals surface area contributed by atoms with Gasteiger partial charge in [0.2, 0.25) is 5.91 Å². The first-order chi connectivity index (χ1) is 17.5. The molecule has 0 radical (unpaired) electrons. The minimum absolute atomic E-state index is 0.107. The summed E-state index contributed by atoms with van der Waals surface area (Å²) in [5.41, 5.74) is -1.54. The van der Waals surface area contributed by atoms with Crippen molar-refractivity contribution in [3.63, 3.8) is 0 Å². The number of ether oxygens (including phenoxy) is 1. The molecule has 2 heterocycles. The van der Waals surface area contributed by atoms with Crippen molar-refractivity contribution in [2.24, 2.45) is 0 Å². The number of anilines is 1. The Morgan fingerprint density at radius 2 is 1.92 bits per heavy atom. The number of nitriles is 1. The highest BCUT2D eigenvalue weighted by Crippen LogP contribution is 2.38. The van der Waals surface area contributed by atoms with E-state index in [0.29, 0.717) is 18.5 Å². The lowest BCUT2D eigenvalue weighted by Crippen LogP contribution is -2.48. The molecule has 1 aromatic rings. The summed E-state index contributed by atoms with van der Waals surface area (Å²) in [6.45, 7) is 4.12. The Kier molecular flexibility index (Phi) is 7.31. The number of halogens is 3. The molecule has 1 aromatic carbocycles. The average molecular weight is 575 g/mol. The number of sulfone groups is 1. The Bertz CT molecular complexity index is 1280. The fourth-order valence-electron chi connectivity index (χ4n) is 4.46. The third-order valence-corrected chi connectivity index (χ3v) is 9.24. The molecule has 3 fully saturated rings. The summed E-state index contributed by atoms with van der Waals surface area (Å²) in [4.78, 5) is 31.8. The van der Waals surface area contributed by atoms with E-state index in [1.54, 1.807) is 20.8 Å². The third-order valence-electron chi connectivity index (χ3n) is 6.62. The van der Waals surface area contributed by atoms with E-state index in [-0.39, 0.29) is 35.8 Å². The fourth-order valence-corrected chi connectivity index (χ4v) is 6.68. The number of hydrogen-bond donors (Lipinski definition) is 1. The molecule has 3 aliphatic rings. The number of hydroxylamine groups is 2. The van der Waals surface area contributed by atoms with Gasteiger partial charge in [-0.15, -0.1) is 5.06 Å². The van der Waals surface area contributed by atoms with E-state index in [4.69, 9.17) is 21.2 Å².